The summed E-state index contributed by atoms with van der Waals surface area (Å²) in [5.41, 5.74) is 4.50. The van der Waals surface area contributed by atoms with E-state index >= 15 is 0 Å². The monoisotopic (exact) mass is 392 g/mol. The molecule has 0 atom stereocenters. The van der Waals surface area contributed by atoms with E-state index in [-0.39, 0.29) is 5.91 Å². The zero-order chi connectivity index (χ0) is 19.9. The van der Waals surface area contributed by atoms with Crippen molar-refractivity contribution in [1.82, 2.24) is 10.3 Å². The van der Waals surface area contributed by atoms with Crippen LogP contribution in [0.15, 0.2) is 72.0 Å². The van der Waals surface area contributed by atoms with Crippen LogP contribution in [0.1, 0.15) is 27.0 Å². The standard InChI is InChI=1S/C22H21ClN4O/c1-15-9-16(2)11-20(10-15)26-22(25-14-17-5-4-8-24-13-17)27-21(28)18-6-3-7-19(23)12-18/h3-13H,14H2,1-2H3,(H2,25,26,27,28). The number of hydrogen-bond acceptors (Lipinski definition) is 3. The molecule has 28 heavy (non-hydrogen) atoms. The summed E-state index contributed by atoms with van der Waals surface area (Å²) in [5.74, 6) is 0.0724. The fourth-order valence-electron chi connectivity index (χ4n) is 2.77. The maximum absolute atomic E-state index is 12.6. The molecule has 142 valence electrons. The second kappa shape index (κ2) is 9.15. The van der Waals surface area contributed by atoms with Crippen LogP contribution in [0, 0.1) is 13.8 Å². The van der Waals surface area contributed by atoms with Crippen molar-refractivity contribution in [2.24, 2.45) is 4.99 Å². The third-order valence-corrected chi connectivity index (χ3v) is 4.18. The fraction of sp³-hybridized carbons (Fsp3) is 0.136. The number of pyridine rings is 1. The maximum atomic E-state index is 12.6. The first-order chi connectivity index (χ1) is 13.5. The summed E-state index contributed by atoms with van der Waals surface area (Å²) < 4.78 is 0. The molecule has 1 amide bonds. The van der Waals surface area contributed by atoms with Gasteiger partial charge in [-0.15, -0.1) is 0 Å². The van der Waals surface area contributed by atoms with Crippen molar-refractivity contribution in [1.29, 1.82) is 0 Å². The number of carbonyl (C=O) groups excluding carboxylic acids is 1. The van der Waals surface area contributed by atoms with Crippen LogP contribution < -0.4 is 10.6 Å². The highest BCUT2D eigenvalue weighted by atomic mass is 35.5. The number of rotatable bonds is 4. The molecule has 0 unspecified atom stereocenters. The van der Waals surface area contributed by atoms with Gasteiger partial charge in [-0.1, -0.05) is 29.8 Å². The van der Waals surface area contributed by atoms with Gasteiger partial charge in [-0.05, 0) is 66.9 Å². The molecule has 0 bridgehead atoms. The van der Waals surface area contributed by atoms with E-state index in [1.54, 1.807) is 36.7 Å². The van der Waals surface area contributed by atoms with Gasteiger partial charge in [-0.3, -0.25) is 15.1 Å². The van der Waals surface area contributed by atoms with Gasteiger partial charge in [0.2, 0.25) is 5.96 Å². The predicted molar refractivity (Wildman–Crippen MR) is 114 cm³/mol. The Labute approximate surface area is 169 Å². The van der Waals surface area contributed by atoms with Crippen molar-refractivity contribution >= 4 is 29.2 Å². The molecule has 0 spiro atoms. The quantitative estimate of drug-likeness (QED) is 0.497. The van der Waals surface area contributed by atoms with E-state index in [0.29, 0.717) is 23.1 Å². The number of nitrogens with zero attached hydrogens (tertiary/aromatic N) is 2. The van der Waals surface area contributed by atoms with Gasteiger partial charge in [0.1, 0.15) is 0 Å². The number of guanidine groups is 1. The molecule has 0 aliphatic heterocycles. The van der Waals surface area contributed by atoms with E-state index in [1.165, 1.54) is 0 Å². The lowest BCUT2D eigenvalue weighted by molar-refractivity contribution is 0.0977. The molecule has 0 saturated carbocycles. The average Bonchev–Trinajstić information content (AvgIpc) is 2.66. The number of aromatic nitrogens is 1. The van der Waals surface area contributed by atoms with Crippen LogP contribution in [0.2, 0.25) is 5.02 Å². The van der Waals surface area contributed by atoms with Crippen LogP contribution in [-0.2, 0) is 6.54 Å². The van der Waals surface area contributed by atoms with Gasteiger partial charge >= 0.3 is 0 Å². The Bertz CT molecular complexity index is 982. The Hall–Kier alpha value is -3.18. The lowest BCUT2D eigenvalue weighted by Gasteiger charge is -2.13. The second-order valence-corrected chi connectivity index (χ2v) is 6.93. The smallest absolute Gasteiger partial charge is 0.258 e. The van der Waals surface area contributed by atoms with Gasteiger partial charge in [-0.25, -0.2) is 4.99 Å². The Balaban J connectivity index is 1.83. The highest BCUT2D eigenvalue weighted by Gasteiger charge is 2.10. The number of amides is 1. The molecule has 1 aromatic heterocycles. The lowest BCUT2D eigenvalue weighted by atomic mass is 10.1. The normalized spacial score (nSPS) is 11.2. The van der Waals surface area contributed by atoms with E-state index in [0.717, 1.165) is 22.4 Å². The molecule has 0 fully saturated rings. The number of hydrogen-bond donors (Lipinski definition) is 2. The fourth-order valence-corrected chi connectivity index (χ4v) is 2.96. The van der Waals surface area contributed by atoms with Crippen molar-refractivity contribution in [2.75, 3.05) is 5.32 Å². The SMILES string of the molecule is Cc1cc(C)cc(NC(=NCc2cccnc2)NC(=O)c2cccc(Cl)c2)c1. The minimum absolute atomic E-state index is 0.288. The summed E-state index contributed by atoms with van der Waals surface area (Å²) in [6, 6.07) is 16.7. The Morgan fingerprint density at radius 2 is 1.86 bits per heavy atom. The number of nitrogens with one attached hydrogen (secondary N) is 2. The summed E-state index contributed by atoms with van der Waals surface area (Å²) in [5, 5.41) is 6.55. The highest BCUT2D eigenvalue weighted by Crippen LogP contribution is 2.14. The highest BCUT2D eigenvalue weighted by molar-refractivity contribution is 6.31. The van der Waals surface area contributed by atoms with Gasteiger partial charge in [0.05, 0.1) is 6.54 Å². The minimum atomic E-state index is -0.288. The molecule has 2 N–H and O–H groups in total. The van der Waals surface area contributed by atoms with E-state index in [1.807, 2.05) is 38.1 Å². The van der Waals surface area contributed by atoms with Crippen molar-refractivity contribution in [2.45, 2.75) is 20.4 Å². The third kappa shape index (κ3) is 5.66. The molecule has 6 heteroatoms. The van der Waals surface area contributed by atoms with Crippen LogP contribution in [0.3, 0.4) is 0 Å². The van der Waals surface area contributed by atoms with Gasteiger partial charge in [-0.2, -0.15) is 0 Å². The van der Waals surface area contributed by atoms with Gasteiger partial charge < -0.3 is 5.32 Å². The van der Waals surface area contributed by atoms with Crippen molar-refractivity contribution in [3.63, 3.8) is 0 Å². The first-order valence-electron chi connectivity index (χ1n) is 8.85. The van der Waals surface area contributed by atoms with E-state index in [9.17, 15) is 4.79 Å². The summed E-state index contributed by atoms with van der Waals surface area (Å²) in [7, 11) is 0. The molecule has 2 aromatic carbocycles. The van der Waals surface area contributed by atoms with E-state index in [4.69, 9.17) is 11.6 Å². The zero-order valence-corrected chi connectivity index (χ0v) is 16.5. The summed E-state index contributed by atoms with van der Waals surface area (Å²) in [4.78, 5) is 21.3. The Kier molecular flexibility index (Phi) is 6.40. The van der Waals surface area contributed by atoms with Crippen molar-refractivity contribution in [3.05, 3.63) is 94.3 Å². The Morgan fingerprint density at radius 3 is 2.54 bits per heavy atom. The molecule has 1 heterocycles. The lowest BCUT2D eigenvalue weighted by Crippen LogP contribution is -2.36. The van der Waals surface area contributed by atoms with Gasteiger partial charge in [0, 0.05) is 28.7 Å². The first-order valence-corrected chi connectivity index (χ1v) is 9.23. The third-order valence-electron chi connectivity index (χ3n) is 3.95. The number of halogens is 1. The molecule has 0 aliphatic carbocycles. The van der Waals surface area contributed by atoms with E-state index < -0.39 is 0 Å². The molecule has 3 rings (SSSR count). The minimum Gasteiger partial charge on any atom is -0.326 e. The van der Waals surface area contributed by atoms with Crippen molar-refractivity contribution < 1.29 is 4.79 Å². The van der Waals surface area contributed by atoms with Crippen LogP contribution in [0.25, 0.3) is 0 Å². The average molecular weight is 393 g/mol. The zero-order valence-electron chi connectivity index (χ0n) is 15.7. The summed E-state index contributed by atoms with van der Waals surface area (Å²) >= 11 is 6.00. The summed E-state index contributed by atoms with van der Waals surface area (Å²) in [6.45, 7) is 4.43. The summed E-state index contributed by atoms with van der Waals surface area (Å²) in [6.07, 6.45) is 3.46. The van der Waals surface area contributed by atoms with E-state index in [2.05, 4.69) is 26.7 Å². The topological polar surface area (TPSA) is 66.4 Å². The first kappa shape index (κ1) is 19.6. The largest absolute Gasteiger partial charge is 0.326 e. The van der Waals surface area contributed by atoms with Gasteiger partial charge in [0.25, 0.3) is 5.91 Å². The van der Waals surface area contributed by atoms with Crippen molar-refractivity contribution in [3.8, 4) is 0 Å². The van der Waals surface area contributed by atoms with Crippen LogP contribution in [-0.4, -0.2) is 16.9 Å². The molecule has 5 nitrogen and oxygen atoms in total. The number of aliphatic imine (C=N–C) groups is 1. The molecule has 0 saturated heterocycles. The van der Waals surface area contributed by atoms with Crippen LogP contribution in [0.5, 0.6) is 0 Å². The number of anilines is 1. The molecule has 3 aromatic rings. The van der Waals surface area contributed by atoms with Gasteiger partial charge in [0.15, 0.2) is 0 Å². The van der Waals surface area contributed by atoms with Crippen LogP contribution in [0.4, 0.5) is 5.69 Å². The number of carbonyl (C=O) groups is 1. The Morgan fingerprint density at radius 1 is 1.07 bits per heavy atom. The predicted octanol–water partition coefficient (Wildman–Crippen LogP) is 4.75. The molecular weight excluding hydrogens is 372 g/mol. The molecule has 0 aliphatic rings. The molecular formula is C22H21ClN4O. The van der Waals surface area contributed by atoms with Crippen LogP contribution >= 0.6 is 11.6 Å². The maximum Gasteiger partial charge on any atom is 0.258 e. The molecule has 0 radical (unpaired) electrons. The second-order valence-electron chi connectivity index (χ2n) is 6.49. The number of benzene rings is 2. The number of aryl methyl sites for hydroxylation is 2.